The minimum Gasteiger partial charge on any atom is -0.462 e. The number of hydrogen-bond donors (Lipinski definition) is 1. The van der Waals surface area contributed by atoms with E-state index in [1.165, 1.54) is 0 Å². The van der Waals surface area contributed by atoms with Gasteiger partial charge in [0, 0.05) is 11.5 Å². The van der Waals surface area contributed by atoms with Crippen LogP contribution in [0, 0.1) is 0 Å². The van der Waals surface area contributed by atoms with Crippen LogP contribution >= 0.6 is 0 Å². The second-order valence-corrected chi connectivity index (χ2v) is 4.04. The van der Waals surface area contributed by atoms with Gasteiger partial charge in [0.05, 0.1) is 12.1 Å². The lowest BCUT2D eigenvalue weighted by Crippen LogP contribution is -2.09. The lowest BCUT2D eigenvalue weighted by Gasteiger charge is -2.07. The third-order valence-corrected chi connectivity index (χ3v) is 2.83. The first-order chi connectivity index (χ1) is 9.19. The van der Waals surface area contributed by atoms with Crippen molar-refractivity contribution in [2.24, 2.45) is 0 Å². The van der Waals surface area contributed by atoms with Crippen molar-refractivity contribution >= 4 is 22.7 Å². The zero-order valence-electron chi connectivity index (χ0n) is 10.3. The predicted molar refractivity (Wildman–Crippen MR) is 68.2 cm³/mol. The van der Waals surface area contributed by atoms with Crippen molar-refractivity contribution < 1.29 is 19.0 Å². The molecule has 1 aliphatic heterocycles. The molecule has 0 bridgehead atoms. The van der Waals surface area contributed by atoms with Crippen LogP contribution in [-0.4, -0.2) is 24.4 Å². The monoisotopic (exact) mass is 260 g/mol. The number of pyridine rings is 1. The van der Waals surface area contributed by atoms with Gasteiger partial charge in [0.15, 0.2) is 11.5 Å². The van der Waals surface area contributed by atoms with Gasteiger partial charge in [-0.15, -0.1) is 0 Å². The molecule has 6 nitrogen and oxygen atoms in total. The molecule has 6 heteroatoms. The average molecular weight is 260 g/mol. The number of hydrogen-bond acceptors (Lipinski definition) is 6. The molecule has 0 fully saturated rings. The highest BCUT2D eigenvalue weighted by Crippen LogP contribution is 2.36. The van der Waals surface area contributed by atoms with E-state index in [9.17, 15) is 4.79 Å². The molecule has 2 heterocycles. The molecule has 0 saturated heterocycles. The average Bonchev–Trinajstić information content (AvgIpc) is 2.82. The molecule has 0 spiro atoms. The predicted octanol–water partition coefficient (Wildman–Crippen LogP) is 1.72. The third-order valence-electron chi connectivity index (χ3n) is 2.83. The van der Waals surface area contributed by atoms with Crippen LogP contribution in [0.15, 0.2) is 18.2 Å². The molecule has 3 rings (SSSR count). The Hall–Kier alpha value is -2.50. The van der Waals surface area contributed by atoms with Crippen molar-refractivity contribution in [3.63, 3.8) is 0 Å². The summed E-state index contributed by atoms with van der Waals surface area (Å²) in [6.07, 6.45) is 0. The minimum absolute atomic E-state index is 0.143. The van der Waals surface area contributed by atoms with Gasteiger partial charge in [-0.3, -0.25) is 0 Å². The van der Waals surface area contributed by atoms with Gasteiger partial charge in [0.25, 0.3) is 0 Å². The Morgan fingerprint density at radius 3 is 2.84 bits per heavy atom. The van der Waals surface area contributed by atoms with Crippen LogP contribution in [0.4, 0.5) is 5.82 Å². The Morgan fingerprint density at radius 1 is 1.37 bits per heavy atom. The SMILES string of the molecule is CCOC(=O)c1cc2cc3c(cc2nc1N)OCO3. The standard InChI is InChI=1S/C13H12N2O4/c1-2-17-13(16)8-3-7-4-10-11(19-6-18-10)5-9(7)15-12(8)14/h3-5H,2,6H2,1H3,(H2,14,15). The first kappa shape index (κ1) is 11.6. The Bertz CT molecular complexity index is 669. The Morgan fingerprint density at radius 2 is 2.11 bits per heavy atom. The number of esters is 1. The number of nitrogens with two attached hydrogens (primary N) is 1. The van der Waals surface area contributed by atoms with Gasteiger partial charge in [0.2, 0.25) is 6.79 Å². The number of benzene rings is 1. The molecule has 1 aromatic heterocycles. The van der Waals surface area contributed by atoms with Crippen molar-refractivity contribution in [3.05, 3.63) is 23.8 Å². The van der Waals surface area contributed by atoms with E-state index in [-0.39, 0.29) is 24.8 Å². The van der Waals surface area contributed by atoms with Crippen molar-refractivity contribution in [1.82, 2.24) is 4.98 Å². The maximum absolute atomic E-state index is 11.7. The van der Waals surface area contributed by atoms with Gasteiger partial charge in [-0.2, -0.15) is 0 Å². The second kappa shape index (κ2) is 4.31. The maximum Gasteiger partial charge on any atom is 0.341 e. The molecule has 2 N–H and O–H groups in total. The van der Waals surface area contributed by atoms with E-state index in [1.54, 1.807) is 25.1 Å². The van der Waals surface area contributed by atoms with Gasteiger partial charge < -0.3 is 19.9 Å². The van der Waals surface area contributed by atoms with Gasteiger partial charge >= 0.3 is 5.97 Å². The summed E-state index contributed by atoms with van der Waals surface area (Å²) >= 11 is 0. The summed E-state index contributed by atoms with van der Waals surface area (Å²) in [5.41, 5.74) is 6.68. The molecule has 0 amide bonds. The fraction of sp³-hybridized carbons (Fsp3) is 0.231. The van der Waals surface area contributed by atoms with Crippen molar-refractivity contribution in [2.45, 2.75) is 6.92 Å². The molecule has 1 aromatic carbocycles. The summed E-state index contributed by atoms with van der Waals surface area (Å²) in [5.74, 6) is 0.925. The van der Waals surface area contributed by atoms with Crippen LogP contribution in [0.1, 0.15) is 17.3 Å². The maximum atomic E-state index is 11.7. The zero-order valence-corrected chi connectivity index (χ0v) is 10.3. The van der Waals surface area contributed by atoms with E-state index in [1.807, 2.05) is 0 Å². The normalized spacial score (nSPS) is 12.7. The fourth-order valence-electron chi connectivity index (χ4n) is 1.95. The summed E-state index contributed by atoms with van der Waals surface area (Å²) in [6, 6.07) is 5.16. The molecule has 1 aliphatic rings. The summed E-state index contributed by atoms with van der Waals surface area (Å²) < 4.78 is 15.5. The number of ether oxygens (including phenoxy) is 3. The van der Waals surface area contributed by atoms with E-state index in [4.69, 9.17) is 19.9 Å². The van der Waals surface area contributed by atoms with E-state index in [0.29, 0.717) is 17.0 Å². The molecular weight excluding hydrogens is 248 g/mol. The van der Waals surface area contributed by atoms with Crippen LogP contribution in [0.2, 0.25) is 0 Å². The molecular formula is C13H12N2O4. The Labute approximate surface area is 109 Å². The Kier molecular flexibility index (Phi) is 2.63. The van der Waals surface area contributed by atoms with Gasteiger partial charge in [0.1, 0.15) is 11.4 Å². The topological polar surface area (TPSA) is 83.7 Å². The third kappa shape index (κ3) is 1.91. The molecule has 0 atom stereocenters. The number of nitrogen functional groups attached to an aromatic ring is 1. The number of carbonyl (C=O) groups excluding carboxylic acids is 1. The highest BCUT2D eigenvalue weighted by molar-refractivity contribution is 5.99. The van der Waals surface area contributed by atoms with Crippen LogP contribution in [0.3, 0.4) is 0 Å². The van der Waals surface area contributed by atoms with Crippen molar-refractivity contribution in [3.8, 4) is 11.5 Å². The smallest absolute Gasteiger partial charge is 0.341 e. The number of carbonyl (C=O) groups is 1. The lowest BCUT2D eigenvalue weighted by atomic mass is 10.1. The molecule has 0 radical (unpaired) electrons. The largest absolute Gasteiger partial charge is 0.462 e. The van der Waals surface area contributed by atoms with Crippen LogP contribution in [0.25, 0.3) is 10.9 Å². The van der Waals surface area contributed by atoms with Crippen LogP contribution < -0.4 is 15.2 Å². The fourth-order valence-corrected chi connectivity index (χ4v) is 1.95. The summed E-state index contributed by atoms with van der Waals surface area (Å²) in [6.45, 7) is 2.21. The number of rotatable bonds is 2. The van der Waals surface area contributed by atoms with Crippen molar-refractivity contribution in [1.29, 1.82) is 0 Å². The molecule has 0 saturated carbocycles. The van der Waals surface area contributed by atoms with E-state index < -0.39 is 5.97 Å². The first-order valence-electron chi connectivity index (χ1n) is 5.86. The minimum atomic E-state index is -0.480. The molecule has 0 aliphatic carbocycles. The first-order valence-corrected chi connectivity index (χ1v) is 5.86. The summed E-state index contributed by atoms with van der Waals surface area (Å²) in [4.78, 5) is 15.9. The van der Waals surface area contributed by atoms with Crippen molar-refractivity contribution in [2.75, 3.05) is 19.1 Å². The number of nitrogens with zero attached hydrogens (tertiary/aromatic N) is 1. The number of fused-ring (bicyclic) bond motifs is 2. The summed E-state index contributed by atoms with van der Waals surface area (Å²) in [5, 5.41) is 0.751. The zero-order chi connectivity index (χ0) is 13.4. The molecule has 0 unspecified atom stereocenters. The van der Waals surface area contributed by atoms with Gasteiger partial charge in [-0.05, 0) is 19.1 Å². The number of anilines is 1. The van der Waals surface area contributed by atoms with E-state index >= 15 is 0 Å². The highest BCUT2D eigenvalue weighted by atomic mass is 16.7. The van der Waals surface area contributed by atoms with E-state index in [0.717, 1.165) is 5.39 Å². The van der Waals surface area contributed by atoms with Crippen LogP contribution in [0.5, 0.6) is 11.5 Å². The lowest BCUT2D eigenvalue weighted by molar-refractivity contribution is 0.0527. The van der Waals surface area contributed by atoms with E-state index in [2.05, 4.69) is 4.98 Å². The quantitative estimate of drug-likeness (QED) is 0.828. The molecule has 19 heavy (non-hydrogen) atoms. The molecule has 2 aromatic rings. The van der Waals surface area contributed by atoms with Gasteiger partial charge in [-0.1, -0.05) is 0 Å². The van der Waals surface area contributed by atoms with Crippen LogP contribution in [-0.2, 0) is 4.74 Å². The number of aromatic nitrogens is 1. The highest BCUT2D eigenvalue weighted by Gasteiger charge is 2.18. The molecule has 98 valence electrons. The second-order valence-electron chi connectivity index (χ2n) is 4.04. The van der Waals surface area contributed by atoms with Gasteiger partial charge in [-0.25, -0.2) is 9.78 Å². The summed E-state index contributed by atoms with van der Waals surface area (Å²) in [7, 11) is 0. The Balaban J connectivity index is 2.14.